The molecule has 33 heavy (non-hydrogen) atoms. The van der Waals surface area contributed by atoms with Crippen molar-refractivity contribution in [2.75, 3.05) is 5.32 Å². The second-order valence-corrected chi connectivity index (χ2v) is 8.72. The molecule has 0 radical (unpaired) electrons. The minimum Gasteiger partial charge on any atom is -0.486 e. The summed E-state index contributed by atoms with van der Waals surface area (Å²) in [7, 11) is 0. The monoisotopic (exact) mass is 483 g/mol. The molecular weight excluding hydrogens is 461 g/mol. The maximum atomic E-state index is 12.5. The second-order valence-electron chi connectivity index (χ2n) is 7.91. The minimum atomic E-state index is -0.364. The molecule has 6 nitrogen and oxygen atoms in total. The van der Waals surface area contributed by atoms with Gasteiger partial charge in [0.15, 0.2) is 5.76 Å². The smallest absolute Gasteiger partial charge is 0.291 e. The van der Waals surface area contributed by atoms with E-state index < -0.39 is 0 Å². The number of hydrogen-bond acceptors (Lipinski definition) is 4. The first-order valence-corrected chi connectivity index (χ1v) is 11.2. The predicted molar refractivity (Wildman–Crippen MR) is 129 cm³/mol. The van der Waals surface area contributed by atoms with Crippen LogP contribution in [0.15, 0.2) is 71.4 Å². The number of rotatable bonds is 8. The molecule has 0 fully saturated rings. The normalized spacial score (nSPS) is 11.1. The molecule has 1 amide bonds. The van der Waals surface area contributed by atoms with E-state index in [4.69, 9.17) is 32.4 Å². The molecule has 0 bridgehead atoms. The van der Waals surface area contributed by atoms with Gasteiger partial charge in [0.1, 0.15) is 18.1 Å². The summed E-state index contributed by atoms with van der Waals surface area (Å²) in [5, 5.41) is 8.04. The molecule has 1 N–H and O–H groups in total. The van der Waals surface area contributed by atoms with Crippen molar-refractivity contribution in [1.82, 2.24) is 9.78 Å². The van der Waals surface area contributed by atoms with Gasteiger partial charge in [-0.1, -0.05) is 55.2 Å². The predicted octanol–water partition coefficient (Wildman–Crippen LogP) is 6.79. The van der Waals surface area contributed by atoms with Gasteiger partial charge >= 0.3 is 0 Å². The van der Waals surface area contributed by atoms with E-state index in [1.807, 2.05) is 30.3 Å². The lowest BCUT2D eigenvalue weighted by atomic mass is 10.0. The summed E-state index contributed by atoms with van der Waals surface area (Å²) in [6.07, 6.45) is 3.30. The lowest BCUT2D eigenvalue weighted by molar-refractivity contribution is 0.0992. The van der Waals surface area contributed by atoms with Gasteiger partial charge in [-0.2, -0.15) is 5.10 Å². The fourth-order valence-electron chi connectivity index (χ4n) is 3.21. The molecule has 0 aliphatic carbocycles. The molecule has 8 heteroatoms. The maximum Gasteiger partial charge on any atom is 0.291 e. The van der Waals surface area contributed by atoms with Crippen molar-refractivity contribution in [2.45, 2.75) is 32.9 Å². The van der Waals surface area contributed by atoms with Gasteiger partial charge in [-0.15, -0.1) is 0 Å². The van der Waals surface area contributed by atoms with Gasteiger partial charge in [0.05, 0.1) is 28.5 Å². The average molecular weight is 484 g/mol. The van der Waals surface area contributed by atoms with Gasteiger partial charge in [-0.05, 0) is 53.4 Å². The van der Waals surface area contributed by atoms with Crippen LogP contribution < -0.4 is 10.1 Å². The van der Waals surface area contributed by atoms with Crippen molar-refractivity contribution >= 4 is 34.8 Å². The summed E-state index contributed by atoms with van der Waals surface area (Å²) in [6.45, 7) is 5.01. The number of ether oxygens (including phenoxy) is 1. The van der Waals surface area contributed by atoms with Gasteiger partial charge in [-0.3, -0.25) is 9.48 Å². The first-order valence-electron chi connectivity index (χ1n) is 10.5. The maximum absolute atomic E-state index is 12.5. The van der Waals surface area contributed by atoms with E-state index in [9.17, 15) is 4.79 Å². The number of carbonyl (C=O) groups is 1. The standard InChI is InChI=1S/C25H23Cl2N3O3/c1-16(2)18-4-6-20(7-5-18)32-15-21-8-10-24(33-21)25(31)29-19-12-28-30(14-19)13-17-3-9-22(26)23(27)11-17/h3-12,14,16H,13,15H2,1-2H3,(H,29,31). The number of furan rings is 1. The number of aromatic nitrogens is 2. The molecule has 170 valence electrons. The summed E-state index contributed by atoms with van der Waals surface area (Å²) in [4.78, 5) is 12.5. The molecule has 4 aromatic rings. The third kappa shape index (κ3) is 5.97. The van der Waals surface area contributed by atoms with Crippen LogP contribution >= 0.6 is 23.2 Å². The Hall–Kier alpha value is -3.22. The van der Waals surface area contributed by atoms with Crippen LogP contribution in [0.25, 0.3) is 0 Å². The number of halogens is 2. The van der Waals surface area contributed by atoms with E-state index in [2.05, 4.69) is 24.3 Å². The van der Waals surface area contributed by atoms with Gasteiger partial charge in [0, 0.05) is 6.20 Å². The average Bonchev–Trinajstić information content (AvgIpc) is 3.45. The zero-order chi connectivity index (χ0) is 23.4. The van der Waals surface area contributed by atoms with E-state index in [1.165, 1.54) is 5.56 Å². The fraction of sp³-hybridized carbons (Fsp3) is 0.200. The Bertz CT molecular complexity index is 1250. The van der Waals surface area contributed by atoms with Crippen LogP contribution in [-0.4, -0.2) is 15.7 Å². The largest absolute Gasteiger partial charge is 0.486 e. The highest BCUT2D eigenvalue weighted by Crippen LogP contribution is 2.23. The zero-order valence-corrected chi connectivity index (χ0v) is 19.7. The molecular formula is C25H23Cl2N3O3. The van der Waals surface area contributed by atoms with Crippen molar-refractivity contribution < 1.29 is 13.9 Å². The van der Waals surface area contributed by atoms with Crippen LogP contribution in [0.4, 0.5) is 5.69 Å². The van der Waals surface area contributed by atoms with Crippen molar-refractivity contribution in [1.29, 1.82) is 0 Å². The van der Waals surface area contributed by atoms with Crippen LogP contribution in [0.2, 0.25) is 10.0 Å². The van der Waals surface area contributed by atoms with Crippen LogP contribution in [-0.2, 0) is 13.2 Å². The number of anilines is 1. The summed E-state index contributed by atoms with van der Waals surface area (Å²) in [5.41, 5.74) is 2.75. The van der Waals surface area contributed by atoms with Gasteiger partial charge < -0.3 is 14.5 Å². The highest BCUT2D eigenvalue weighted by Gasteiger charge is 2.13. The molecule has 0 atom stereocenters. The summed E-state index contributed by atoms with van der Waals surface area (Å²) in [6, 6.07) is 16.7. The van der Waals surface area contributed by atoms with Crippen molar-refractivity contribution in [3.63, 3.8) is 0 Å². The van der Waals surface area contributed by atoms with Crippen LogP contribution in [0.3, 0.4) is 0 Å². The topological polar surface area (TPSA) is 69.3 Å². The lowest BCUT2D eigenvalue weighted by Crippen LogP contribution is -2.10. The fourth-order valence-corrected chi connectivity index (χ4v) is 3.53. The van der Waals surface area contributed by atoms with Gasteiger partial charge in [-0.25, -0.2) is 0 Å². The summed E-state index contributed by atoms with van der Waals surface area (Å²) in [5.74, 6) is 1.60. The molecule has 0 saturated heterocycles. The molecule has 0 spiro atoms. The Kier molecular flexibility index (Phi) is 7.06. The van der Waals surface area contributed by atoms with Gasteiger partial charge in [0.25, 0.3) is 5.91 Å². The molecule has 0 aliphatic heterocycles. The lowest BCUT2D eigenvalue weighted by Gasteiger charge is -2.08. The highest BCUT2D eigenvalue weighted by atomic mass is 35.5. The van der Waals surface area contributed by atoms with Gasteiger partial charge in [0.2, 0.25) is 0 Å². The molecule has 0 aliphatic rings. The number of benzene rings is 2. The summed E-state index contributed by atoms with van der Waals surface area (Å²) < 4.78 is 13.1. The Labute approximate surface area is 202 Å². The number of nitrogens with one attached hydrogen (secondary N) is 1. The second kappa shape index (κ2) is 10.1. The van der Waals surface area contributed by atoms with E-state index in [-0.39, 0.29) is 18.3 Å². The van der Waals surface area contributed by atoms with Crippen LogP contribution in [0.5, 0.6) is 5.75 Å². The Balaban J connectivity index is 1.31. The number of hydrogen-bond donors (Lipinski definition) is 1. The highest BCUT2D eigenvalue weighted by molar-refractivity contribution is 6.42. The number of carbonyl (C=O) groups excluding carboxylic acids is 1. The van der Waals surface area contributed by atoms with Crippen LogP contribution in [0.1, 0.15) is 47.2 Å². The first-order chi connectivity index (χ1) is 15.9. The van der Waals surface area contributed by atoms with E-state index >= 15 is 0 Å². The Morgan fingerprint density at radius 3 is 2.61 bits per heavy atom. The molecule has 4 rings (SSSR count). The van der Waals surface area contributed by atoms with Crippen LogP contribution in [0, 0.1) is 0 Å². The third-order valence-corrected chi connectivity index (χ3v) is 5.77. The third-order valence-electron chi connectivity index (χ3n) is 5.03. The quantitative estimate of drug-likeness (QED) is 0.299. The van der Waals surface area contributed by atoms with Crippen molar-refractivity contribution in [3.8, 4) is 5.75 Å². The van der Waals surface area contributed by atoms with Crippen molar-refractivity contribution in [2.24, 2.45) is 0 Å². The number of nitrogens with zero attached hydrogens (tertiary/aromatic N) is 2. The first kappa shape index (κ1) is 23.0. The molecule has 2 heterocycles. The van der Waals surface area contributed by atoms with E-state index in [1.54, 1.807) is 41.3 Å². The molecule has 0 unspecified atom stereocenters. The van der Waals surface area contributed by atoms with E-state index in [0.29, 0.717) is 34.0 Å². The number of amides is 1. The SMILES string of the molecule is CC(C)c1ccc(OCc2ccc(C(=O)Nc3cnn(Cc4ccc(Cl)c(Cl)c4)c3)o2)cc1. The Morgan fingerprint density at radius 1 is 1.09 bits per heavy atom. The zero-order valence-electron chi connectivity index (χ0n) is 18.2. The molecule has 2 aromatic heterocycles. The minimum absolute atomic E-state index is 0.195. The van der Waals surface area contributed by atoms with Crippen molar-refractivity contribution in [3.05, 3.63) is 99.7 Å². The Morgan fingerprint density at radius 2 is 1.88 bits per heavy atom. The molecule has 0 saturated carbocycles. The van der Waals surface area contributed by atoms with E-state index in [0.717, 1.165) is 11.3 Å². The molecule has 2 aromatic carbocycles. The summed E-state index contributed by atoms with van der Waals surface area (Å²) >= 11 is 12.0.